The third-order valence-electron chi connectivity index (χ3n) is 6.13. The average molecular weight is 437 g/mol. The molecule has 5 nitrogen and oxygen atoms in total. The number of fused-ring (bicyclic) bond motifs is 2. The number of sulfonamides is 1. The first-order valence-electron chi connectivity index (χ1n) is 10.1. The summed E-state index contributed by atoms with van der Waals surface area (Å²) < 4.78 is 46.6. The maximum atomic E-state index is 13.2. The van der Waals surface area contributed by atoms with Gasteiger partial charge in [-0.05, 0) is 41.5 Å². The Balaban J connectivity index is 1.35. The lowest BCUT2D eigenvalue weighted by atomic mass is 9.84. The number of benzene rings is 3. The zero-order valence-electron chi connectivity index (χ0n) is 16.6. The topological polar surface area (TPSA) is 63.7 Å². The molecule has 0 aliphatic carbocycles. The Kier molecular flexibility index (Phi) is 4.68. The first-order chi connectivity index (χ1) is 14.9. The third kappa shape index (κ3) is 3.34. The molecule has 0 N–H and O–H groups in total. The molecule has 1 saturated heterocycles. The first kappa shape index (κ1) is 19.9. The van der Waals surface area contributed by atoms with Crippen LogP contribution in [-0.2, 0) is 20.4 Å². The lowest BCUT2D eigenvalue weighted by molar-refractivity contribution is -0.0329. The lowest BCUT2D eigenvalue weighted by Crippen LogP contribution is -2.45. The molecule has 0 atom stereocenters. The Labute approximate surface area is 180 Å². The fourth-order valence-corrected chi connectivity index (χ4v) is 5.86. The summed E-state index contributed by atoms with van der Waals surface area (Å²) in [5, 5.41) is 0. The number of hydrogen-bond acceptors (Lipinski definition) is 4. The number of rotatable bonds is 3. The van der Waals surface area contributed by atoms with Crippen LogP contribution in [0.1, 0.15) is 28.8 Å². The molecular formula is C24H20FNO4S. The highest BCUT2D eigenvalue weighted by Gasteiger charge is 2.48. The summed E-state index contributed by atoms with van der Waals surface area (Å²) in [4.78, 5) is 12.4. The van der Waals surface area contributed by atoms with E-state index in [0.29, 0.717) is 18.4 Å². The van der Waals surface area contributed by atoms with Crippen LogP contribution in [0.15, 0.2) is 77.7 Å². The van der Waals surface area contributed by atoms with E-state index < -0.39 is 15.6 Å². The fourth-order valence-electron chi connectivity index (χ4n) is 4.42. The van der Waals surface area contributed by atoms with E-state index in [2.05, 4.69) is 0 Å². The molecule has 1 fully saturated rings. The Bertz CT molecular complexity index is 1250. The minimum atomic E-state index is -3.67. The van der Waals surface area contributed by atoms with E-state index in [1.807, 2.05) is 12.1 Å². The number of hydrogen-bond donors (Lipinski definition) is 0. The highest BCUT2D eigenvalue weighted by molar-refractivity contribution is 7.89. The van der Waals surface area contributed by atoms with Gasteiger partial charge in [-0.1, -0.05) is 42.5 Å². The van der Waals surface area contributed by atoms with Crippen molar-refractivity contribution in [2.75, 3.05) is 13.1 Å². The van der Waals surface area contributed by atoms with Gasteiger partial charge in [0.15, 0.2) is 0 Å². The maximum absolute atomic E-state index is 13.2. The van der Waals surface area contributed by atoms with Gasteiger partial charge in [-0.3, -0.25) is 0 Å². The number of esters is 1. The molecule has 0 radical (unpaired) electrons. The van der Waals surface area contributed by atoms with E-state index >= 15 is 0 Å². The highest BCUT2D eigenvalue weighted by atomic mass is 32.2. The van der Waals surface area contributed by atoms with Crippen molar-refractivity contribution in [3.8, 4) is 11.1 Å². The summed E-state index contributed by atoms with van der Waals surface area (Å²) in [5.41, 5.74) is 2.29. The summed E-state index contributed by atoms with van der Waals surface area (Å²) in [5.74, 6) is -0.662. The van der Waals surface area contributed by atoms with Crippen molar-refractivity contribution in [2.24, 2.45) is 0 Å². The number of nitrogens with zero attached hydrogens (tertiary/aromatic N) is 1. The quantitative estimate of drug-likeness (QED) is 0.572. The molecule has 2 heterocycles. The molecule has 0 aromatic heterocycles. The number of carbonyl (C=O) groups is 1. The second-order valence-electron chi connectivity index (χ2n) is 7.86. The van der Waals surface area contributed by atoms with E-state index in [1.165, 1.54) is 16.4 Å². The standard InChI is InChI=1S/C24H20FNO4S/c25-19-9-5-17(6-10-19)18-7-11-20(12-8-18)31(28,29)26-15-13-24(14-16-26)22-4-2-1-3-21(22)23(27)30-24/h1-12H,13-16H2. The molecule has 2 aliphatic rings. The minimum absolute atomic E-state index is 0.207. The second kappa shape index (κ2) is 7.28. The smallest absolute Gasteiger partial charge is 0.339 e. The molecule has 0 amide bonds. The van der Waals surface area contributed by atoms with E-state index in [1.54, 1.807) is 48.5 Å². The average Bonchev–Trinajstić information content (AvgIpc) is 3.06. The fraction of sp³-hybridized carbons (Fsp3) is 0.208. The van der Waals surface area contributed by atoms with Gasteiger partial charge in [-0.25, -0.2) is 17.6 Å². The SMILES string of the molecule is O=C1OC2(CCN(S(=O)(=O)c3ccc(-c4ccc(F)cc4)cc3)CC2)c2ccccc21. The van der Waals surface area contributed by atoms with Crippen LogP contribution in [0.25, 0.3) is 11.1 Å². The minimum Gasteiger partial charge on any atom is -0.450 e. The van der Waals surface area contributed by atoms with Crippen molar-refractivity contribution in [2.45, 2.75) is 23.3 Å². The Morgan fingerprint density at radius 2 is 1.42 bits per heavy atom. The van der Waals surface area contributed by atoms with E-state index in [0.717, 1.165) is 16.7 Å². The normalized spacial score (nSPS) is 18.0. The summed E-state index contributed by atoms with van der Waals surface area (Å²) in [6, 6.07) is 20.0. The molecule has 158 valence electrons. The van der Waals surface area contributed by atoms with Crippen molar-refractivity contribution >= 4 is 16.0 Å². The predicted octanol–water partition coefficient (Wildman–Crippen LogP) is 4.34. The number of piperidine rings is 1. The van der Waals surface area contributed by atoms with Crippen molar-refractivity contribution < 1.29 is 22.3 Å². The summed E-state index contributed by atoms with van der Waals surface area (Å²) >= 11 is 0. The molecule has 31 heavy (non-hydrogen) atoms. The summed E-state index contributed by atoms with van der Waals surface area (Å²) in [7, 11) is -3.67. The van der Waals surface area contributed by atoms with E-state index in [-0.39, 0.29) is 29.8 Å². The largest absolute Gasteiger partial charge is 0.450 e. The molecule has 3 aromatic carbocycles. The number of ether oxygens (including phenoxy) is 1. The number of halogens is 1. The molecule has 0 saturated carbocycles. The lowest BCUT2D eigenvalue weighted by Gasteiger charge is -2.37. The Morgan fingerprint density at radius 3 is 2.06 bits per heavy atom. The van der Waals surface area contributed by atoms with Crippen molar-refractivity contribution in [3.05, 3.63) is 89.7 Å². The van der Waals surface area contributed by atoms with Gasteiger partial charge in [-0.2, -0.15) is 4.31 Å². The molecule has 7 heteroatoms. The van der Waals surface area contributed by atoms with Crippen LogP contribution in [0.2, 0.25) is 0 Å². The van der Waals surface area contributed by atoms with Gasteiger partial charge in [0.25, 0.3) is 0 Å². The monoisotopic (exact) mass is 437 g/mol. The van der Waals surface area contributed by atoms with Gasteiger partial charge in [0.2, 0.25) is 10.0 Å². The van der Waals surface area contributed by atoms with E-state index in [9.17, 15) is 17.6 Å². The van der Waals surface area contributed by atoms with Crippen LogP contribution in [0.4, 0.5) is 4.39 Å². The maximum Gasteiger partial charge on any atom is 0.339 e. The van der Waals surface area contributed by atoms with Crippen LogP contribution in [0.3, 0.4) is 0 Å². The van der Waals surface area contributed by atoms with Gasteiger partial charge in [0, 0.05) is 31.5 Å². The third-order valence-corrected chi connectivity index (χ3v) is 8.04. The Hall–Kier alpha value is -3.03. The Morgan fingerprint density at radius 1 is 0.839 bits per heavy atom. The highest BCUT2D eigenvalue weighted by Crippen LogP contribution is 2.44. The molecule has 2 aliphatic heterocycles. The van der Waals surface area contributed by atoms with Gasteiger partial charge in [0.05, 0.1) is 10.5 Å². The number of carbonyl (C=O) groups excluding carboxylic acids is 1. The predicted molar refractivity (Wildman–Crippen MR) is 113 cm³/mol. The van der Waals surface area contributed by atoms with Crippen LogP contribution in [-0.4, -0.2) is 31.8 Å². The van der Waals surface area contributed by atoms with Gasteiger partial charge >= 0.3 is 5.97 Å². The van der Waals surface area contributed by atoms with Crippen molar-refractivity contribution in [1.29, 1.82) is 0 Å². The second-order valence-corrected chi connectivity index (χ2v) is 9.80. The summed E-state index contributed by atoms with van der Waals surface area (Å²) in [6.45, 7) is 0.535. The van der Waals surface area contributed by atoms with Gasteiger partial charge in [0.1, 0.15) is 11.4 Å². The molecule has 0 bridgehead atoms. The van der Waals surface area contributed by atoms with E-state index in [4.69, 9.17) is 4.74 Å². The zero-order valence-corrected chi connectivity index (χ0v) is 17.4. The molecule has 1 spiro atoms. The van der Waals surface area contributed by atoms with Gasteiger partial charge < -0.3 is 4.74 Å². The van der Waals surface area contributed by atoms with Crippen molar-refractivity contribution in [3.63, 3.8) is 0 Å². The van der Waals surface area contributed by atoms with Crippen LogP contribution in [0.5, 0.6) is 0 Å². The van der Waals surface area contributed by atoms with Crippen LogP contribution >= 0.6 is 0 Å². The molecule has 0 unspecified atom stereocenters. The zero-order chi connectivity index (χ0) is 21.6. The van der Waals surface area contributed by atoms with Crippen LogP contribution < -0.4 is 0 Å². The molecule has 5 rings (SSSR count). The van der Waals surface area contributed by atoms with Crippen LogP contribution in [0, 0.1) is 5.82 Å². The van der Waals surface area contributed by atoms with Crippen molar-refractivity contribution in [1.82, 2.24) is 4.31 Å². The molecular weight excluding hydrogens is 417 g/mol. The summed E-state index contributed by atoms with van der Waals surface area (Å²) in [6.07, 6.45) is 0.839. The molecule has 3 aromatic rings. The first-order valence-corrected chi connectivity index (χ1v) is 11.5. The van der Waals surface area contributed by atoms with Gasteiger partial charge in [-0.15, -0.1) is 0 Å².